The Balaban J connectivity index is 1.79. The van der Waals surface area contributed by atoms with Gasteiger partial charge in [0, 0.05) is 23.0 Å². The summed E-state index contributed by atoms with van der Waals surface area (Å²) < 4.78 is 11.0. The highest BCUT2D eigenvalue weighted by molar-refractivity contribution is 6.27. The van der Waals surface area contributed by atoms with Crippen LogP contribution in [-0.4, -0.2) is 52.9 Å². The number of aromatic nitrogens is 1. The van der Waals surface area contributed by atoms with Gasteiger partial charge in [-0.15, -0.1) is 11.6 Å². The molecular formula is C29H33ClN2O5. The topological polar surface area (TPSA) is 88.7 Å². The van der Waals surface area contributed by atoms with Crippen molar-refractivity contribution in [2.75, 3.05) is 19.1 Å². The number of ether oxygens (including phenoxy) is 2. The van der Waals surface area contributed by atoms with Gasteiger partial charge in [0.15, 0.2) is 0 Å². The molecule has 0 spiro atoms. The van der Waals surface area contributed by atoms with E-state index in [1.54, 1.807) is 24.3 Å². The smallest absolute Gasteiger partial charge is 0.338 e. The first-order chi connectivity index (χ1) is 17.7. The quantitative estimate of drug-likeness (QED) is 0.320. The molecule has 1 aliphatic rings. The second-order valence-corrected chi connectivity index (χ2v) is 10.5. The molecule has 8 heteroatoms. The molecule has 0 unspecified atom stereocenters. The van der Waals surface area contributed by atoms with Crippen LogP contribution in [0.3, 0.4) is 0 Å². The first-order valence-electron chi connectivity index (χ1n) is 12.6. The lowest BCUT2D eigenvalue weighted by molar-refractivity contribution is -0.157. The van der Waals surface area contributed by atoms with Crippen LogP contribution in [0.25, 0.3) is 10.9 Å². The number of esters is 2. The standard InChI is InChI=1S/C29H33ClN2O5/c1-17(2)15-36-28(34)20-11-9-19(10-12-20)27-26-22(21-7-5-6-8-23(21)31-26)13-24(32(27)25(33)14-30)29(35)37-16-18(3)4/h5-12,17-18,24,27,31H,13-16H2,1-4H3/t24-,27+/m1/s1. The molecule has 1 amide bonds. The average Bonchev–Trinajstić information content (AvgIpc) is 3.27. The molecule has 37 heavy (non-hydrogen) atoms. The molecule has 1 aliphatic heterocycles. The number of H-pyrrole nitrogens is 1. The highest BCUT2D eigenvalue weighted by Crippen LogP contribution is 2.41. The number of carbonyl (C=O) groups is 3. The third-order valence-corrected chi connectivity index (χ3v) is 6.60. The van der Waals surface area contributed by atoms with E-state index in [9.17, 15) is 14.4 Å². The van der Waals surface area contributed by atoms with Crippen LogP contribution in [-0.2, 0) is 25.5 Å². The minimum Gasteiger partial charge on any atom is -0.464 e. The van der Waals surface area contributed by atoms with Gasteiger partial charge in [-0.05, 0) is 41.2 Å². The van der Waals surface area contributed by atoms with Gasteiger partial charge in [-0.1, -0.05) is 58.0 Å². The van der Waals surface area contributed by atoms with Crippen LogP contribution in [0.15, 0.2) is 48.5 Å². The van der Waals surface area contributed by atoms with Crippen LogP contribution in [0.5, 0.6) is 0 Å². The SMILES string of the molecule is CC(C)COC(=O)c1ccc([C@H]2c3[nH]c4ccccc4c3C[C@H](C(=O)OCC(C)C)N2C(=O)CCl)cc1. The lowest BCUT2D eigenvalue weighted by Gasteiger charge is -2.41. The normalized spacial score (nSPS) is 17.2. The van der Waals surface area contributed by atoms with E-state index in [1.165, 1.54) is 4.90 Å². The summed E-state index contributed by atoms with van der Waals surface area (Å²) >= 11 is 6.05. The molecule has 1 N–H and O–H groups in total. The number of nitrogens with zero attached hydrogens (tertiary/aromatic N) is 1. The van der Waals surface area contributed by atoms with Crippen LogP contribution >= 0.6 is 11.6 Å². The molecule has 2 heterocycles. The summed E-state index contributed by atoms with van der Waals surface area (Å²) in [4.78, 5) is 44.0. The molecule has 0 aliphatic carbocycles. The Morgan fingerprint density at radius 2 is 1.62 bits per heavy atom. The Hall–Kier alpha value is -3.32. The van der Waals surface area contributed by atoms with Crippen molar-refractivity contribution in [1.82, 2.24) is 9.88 Å². The van der Waals surface area contributed by atoms with E-state index < -0.39 is 24.0 Å². The molecule has 4 rings (SSSR count). The third-order valence-electron chi connectivity index (χ3n) is 6.37. The number of fused-ring (bicyclic) bond motifs is 3. The largest absolute Gasteiger partial charge is 0.464 e. The van der Waals surface area contributed by atoms with Crippen LogP contribution < -0.4 is 0 Å². The summed E-state index contributed by atoms with van der Waals surface area (Å²) in [6.45, 7) is 8.47. The Labute approximate surface area is 222 Å². The van der Waals surface area contributed by atoms with Crippen LogP contribution in [0.4, 0.5) is 0 Å². The highest BCUT2D eigenvalue weighted by Gasteiger charge is 2.44. The number of hydrogen-bond acceptors (Lipinski definition) is 5. The molecule has 196 valence electrons. The molecule has 2 aromatic carbocycles. The molecule has 0 radical (unpaired) electrons. The second kappa shape index (κ2) is 11.4. The Morgan fingerprint density at radius 3 is 2.27 bits per heavy atom. The van der Waals surface area contributed by atoms with Crippen molar-refractivity contribution in [3.63, 3.8) is 0 Å². The van der Waals surface area contributed by atoms with Gasteiger partial charge in [-0.25, -0.2) is 9.59 Å². The fourth-order valence-electron chi connectivity index (χ4n) is 4.67. The van der Waals surface area contributed by atoms with Gasteiger partial charge in [0.2, 0.25) is 5.91 Å². The minimum absolute atomic E-state index is 0.159. The maximum atomic E-state index is 13.3. The molecule has 1 aromatic heterocycles. The predicted molar refractivity (Wildman–Crippen MR) is 143 cm³/mol. The van der Waals surface area contributed by atoms with E-state index in [-0.39, 0.29) is 30.2 Å². The summed E-state index contributed by atoms with van der Waals surface area (Å²) in [5.74, 6) is -1.12. The van der Waals surface area contributed by atoms with Crippen molar-refractivity contribution in [3.8, 4) is 0 Å². The predicted octanol–water partition coefficient (Wildman–Crippen LogP) is 5.26. The van der Waals surface area contributed by atoms with E-state index >= 15 is 0 Å². The summed E-state index contributed by atoms with van der Waals surface area (Å²) in [5, 5.41) is 0.996. The van der Waals surface area contributed by atoms with Crippen LogP contribution in [0.2, 0.25) is 0 Å². The number of halogens is 1. The molecule has 0 fully saturated rings. The summed E-state index contributed by atoms with van der Waals surface area (Å²) in [7, 11) is 0. The Bertz CT molecular complexity index is 1280. The number of benzene rings is 2. The fourth-order valence-corrected chi connectivity index (χ4v) is 4.81. The number of hydrogen-bond donors (Lipinski definition) is 1. The van der Waals surface area contributed by atoms with Crippen LogP contribution in [0.1, 0.15) is 60.9 Å². The molecular weight excluding hydrogens is 492 g/mol. The second-order valence-electron chi connectivity index (χ2n) is 10.3. The fraction of sp³-hybridized carbons (Fsp3) is 0.414. The van der Waals surface area contributed by atoms with Crippen molar-refractivity contribution in [2.24, 2.45) is 11.8 Å². The monoisotopic (exact) mass is 524 g/mol. The minimum atomic E-state index is -0.836. The van der Waals surface area contributed by atoms with E-state index in [0.29, 0.717) is 18.6 Å². The number of rotatable bonds is 8. The molecule has 0 bridgehead atoms. The van der Waals surface area contributed by atoms with Gasteiger partial charge in [-0.3, -0.25) is 4.79 Å². The molecule has 0 saturated heterocycles. The number of alkyl halides is 1. The number of para-hydroxylation sites is 1. The lowest BCUT2D eigenvalue weighted by Crippen LogP contribution is -2.52. The summed E-state index contributed by atoms with van der Waals surface area (Å²) in [5.41, 5.74) is 3.86. The zero-order valence-corrected chi connectivity index (χ0v) is 22.4. The van der Waals surface area contributed by atoms with E-state index in [4.69, 9.17) is 21.1 Å². The number of aromatic amines is 1. The Morgan fingerprint density at radius 1 is 0.973 bits per heavy atom. The van der Waals surface area contributed by atoms with Gasteiger partial charge in [0.25, 0.3) is 0 Å². The number of amides is 1. The zero-order valence-electron chi connectivity index (χ0n) is 21.6. The van der Waals surface area contributed by atoms with E-state index in [0.717, 1.165) is 27.7 Å². The van der Waals surface area contributed by atoms with E-state index in [1.807, 2.05) is 52.0 Å². The first kappa shape index (κ1) is 26.7. The van der Waals surface area contributed by atoms with Gasteiger partial charge in [0.1, 0.15) is 11.9 Å². The Kier molecular flexibility index (Phi) is 8.22. The van der Waals surface area contributed by atoms with Crippen molar-refractivity contribution in [1.29, 1.82) is 0 Å². The third kappa shape index (κ3) is 5.67. The summed E-state index contributed by atoms with van der Waals surface area (Å²) in [6, 6.07) is 13.4. The van der Waals surface area contributed by atoms with Crippen molar-refractivity contribution < 1.29 is 23.9 Å². The summed E-state index contributed by atoms with van der Waals surface area (Å²) in [6.07, 6.45) is 0.314. The average molecular weight is 525 g/mol. The zero-order chi connectivity index (χ0) is 26.7. The molecule has 2 atom stereocenters. The molecule has 0 saturated carbocycles. The van der Waals surface area contributed by atoms with Gasteiger partial charge < -0.3 is 19.4 Å². The van der Waals surface area contributed by atoms with Crippen molar-refractivity contribution >= 4 is 40.3 Å². The first-order valence-corrected chi connectivity index (χ1v) is 13.1. The number of nitrogens with one attached hydrogen (secondary N) is 1. The van der Waals surface area contributed by atoms with Gasteiger partial charge >= 0.3 is 11.9 Å². The highest BCUT2D eigenvalue weighted by atomic mass is 35.5. The number of carbonyl (C=O) groups excluding carboxylic acids is 3. The van der Waals surface area contributed by atoms with Gasteiger partial charge in [0.05, 0.1) is 24.8 Å². The van der Waals surface area contributed by atoms with Gasteiger partial charge in [-0.2, -0.15) is 0 Å². The lowest BCUT2D eigenvalue weighted by atomic mass is 9.87. The maximum absolute atomic E-state index is 13.3. The van der Waals surface area contributed by atoms with E-state index in [2.05, 4.69) is 4.98 Å². The van der Waals surface area contributed by atoms with Crippen LogP contribution in [0, 0.1) is 11.8 Å². The maximum Gasteiger partial charge on any atom is 0.338 e. The molecule has 3 aromatic rings. The molecule has 7 nitrogen and oxygen atoms in total. The van der Waals surface area contributed by atoms with Crippen molar-refractivity contribution in [2.45, 2.75) is 46.2 Å². The van der Waals surface area contributed by atoms with Crippen molar-refractivity contribution in [3.05, 3.63) is 70.9 Å².